The van der Waals surface area contributed by atoms with Crippen LogP contribution in [-0.2, 0) is 4.74 Å². The van der Waals surface area contributed by atoms with Crippen molar-refractivity contribution in [1.29, 1.82) is 5.53 Å². The smallest absolute Gasteiger partial charge is 0.450 e. The summed E-state index contributed by atoms with van der Waals surface area (Å²) in [6.07, 6.45) is -0.866. The molecule has 0 aliphatic carbocycles. The van der Waals surface area contributed by atoms with Crippen LogP contribution in [0.1, 0.15) is 0 Å². The second-order valence-corrected chi connectivity index (χ2v) is 0.582. The van der Waals surface area contributed by atoms with Crippen molar-refractivity contribution in [2.24, 2.45) is 5.11 Å². The van der Waals surface area contributed by atoms with E-state index in [1.807, 2.05) is 0 Å². The van der Waals surface area contributed by atoms with Gasteiger partial charge in [-0.2, -0.15) is 5.53 Å². The van der Waals surface area contributed by atoms with Crippen LogP contribution in [0, 0.1) is 5.53 Å². The lowest BCUT2D eigenvalue weighted by Gasteiger charge is -1.80. The van der Waals surface area contributed by atoms with Crippen molar-refractivity contribution in [1.82, 2.24) is 0 Å². The van der Waals surface area contributed by atoms with Crippen molar-refractivity contribution in [3.63, 3.8) is 0 Å². The Hall–Kier alpha value is -0.930. The third-order valence-corrected chi connectivity index (χ3v) is 0.266. The molecule has 0 unspecified atom stereocenters. The van der Waals surface area contributed by atoms with Gasteiger partial charge in [-0.3, -0.25) is 0 Å². The number of nitrogens with one attached hydrogen (secondary N) is 1. The fourth-order valence-electron chi connectivity index (χ4n) is 0.0456. The molecule has 0 rings (SSSR count). The largest absolute Gasteiger partial charge is 0.451 e. The Morgan fingerprint density at radius 1 is 2.00 bits per heavy atom. The zero-order chi connectivity index (χ0) is 4.99. The van der Waals surface area contributed by atoms with Gasteiger partial charge in [0.05, 0.1) is 7.11 Å². The van der Waals surface area contributed by atoms with Crippen LogP contribution < -0.4 is 0 Å². The van der Waals surface area contributed by atoms with E-state index in [1.54, 1.807) is 0 Å². The van der Waals surface area contributed by atoms with Crippen molar-refractivity contribution in [3.05, 3.63) is 0 Å². The molecular weight excluding hydrogens is 84.0 g/mol. The second-order valence-electron chi connectivity index (χ2n) is 0.582. The fourth-order valence-corrected chi connectivity index (χ4v) is 0.0456. The van der Waals surface area contributed by atoms with Crippen LogP contribution in [0.25, 0.3) is 0 Å². The zero-order valence-electron chi connectivity index (χ0n) is 3.26. The minimum Gasteiger partial charge on any atom is -0.450 e. The van der Waals surface area contributed by atoms with Crippen LogP contribution in [0.2, 0.25) is 0 Å². The van der Waals surface area contributed by atoms with E-state index in [4.69, 9.17) is 5.53 Å². The third kappa shape index (κ3) is 1.40. The number of carbonyl (C=O) groups is 1. The molecule has 0 aliphatic heterocycles. The number of ether oxygens (including phenoxy) is 1. The molecule has 4 heteroatoms. The maximum atomic E-state index is 9.60. The first-order chi connectivity index (χ1) is 2.81. The normalized spacial score (nSPS) is 6.83. The molecule has 34 valence electrons. The van der Waals surface area contributed by atoms with Crippen LogP contribution >= 0.6 is 0 Å². The minimum atomic E-state index is -0.866. The van der Waals surface area contributed by atoms with E-state index in [9.17, 15) is 4.79 Å². The Balaban J connectivity index is 3.23. The number of hydrogen-bond acceptors (Lipinski definition) is 3. The summed E-state index contributed by atoms with van der Waals surface area (Å²) in [5.41, 5.74) is 5.96. The first-order valence-electron chi connectivity index (χ1n) is 1.26. The minimum absolute atomic E-state index is 0.866. The highest BCUT2D eigenvalue weighted by molar-refractivity contribution is 5.66. The van der Waals surface area contributed by atoms with Gasteiger partial charge in [0.15, 0.2) is 0 Å². The van der Waals surface area contributed by atoms with E-state index in [2.05, 4.69) is 9.85 Å². The summed E-state index contributed by atoms with van der Waals surface area (Å²) in [5.74, 6) is 0. The number of rotatable bonds is 0. The number of methoxy groups -OCH3 is 1. The molecule has 0 aromatic rings. The Bertz CT molecular complexity index is 69.9. The van der Waals surface area contributed by atoms with E-state index < -0.39 is 6.09 Å². The molecule has 0 saturated heterocycles. The number of carbonyl (C=O) groups excluding carboxylic acids is 1. The monoisotopic (exact) mass is 88.0 g/mol. The SMILES string of the molecule is COC(=O)N=N. The van der Waals surface area contributed by atoms with Gasteiger partial charge in [0.1, 0.15) is 0 Å². The van der Waals surface area contributed by atoms with Gasteiger partial charge < -0.3 is 4.74 Å². The molecular formula is C2H4N2O2. The summed E-state index contributed by atoms with van der Waals surface area (Å²) in [6.45, 7) is 0. The Morgan fingerprint density at radius 2 is 2.50 bits per heavy atom. The van der Waals surface area contributed by atoms with Crippen molar-refractivity contribution in [2.75, 3.05) is 7.11 Å². The molecule has 0 bridgehead atoms. The third-order valence-electron chi connectivity index (χ3n) is 0.266. The number of nitrogens with zero attached hydrogens (tertiary/aromatic N) is 1. The molecule has 0 spiro atoms. The van der Waals surface area contributed by atoms with Crippen LogP contribution in [0.15, 0.2) is 5.11 Å². The molecule has 0 radical (unpaired) electrons. The summed E-state index contributed by atoms with van der Waals surface area (Å²) in [5, 5.41) is 2.40. The van der Waals surface area contributed by atoms with Gasteiger partial charge >= 0.3 is 6.09 Å². The van der Waals surface area contributed by atoms with Crippen molar-refractivity contribution >= 4 is 6.09 Å². The lowest BCUT2D eigenvalue weighted by Crippen LogP contribution is -1.87. The highest BCUT2D eigenvalue weighted by Crippen LogP contribution is 1.72. The first-order valence-corrected chi connectivity index (χ1v) is 1.26. The molecule has 1 amide bonds. The summed E-state index contributed by atoms with van der Waals surface area (Å²) < 4.78 is 3.91. The van der Waals surface area contributed by atoms with E-state index in [0.29, 0.717) is 0 Å². The van der Waals surface area contributed by atoms with Gasteiger partial charge in [-0.25, -0.2) is 4.79 Å². The van der Waals surface area contributed by atoms with Gasteiger partial charge in [0.2, 0.25) is 0 Å². The fraction of sp³-hybridized carbons (Fsp3) is 0.500. The lowest BCUT2D eigenvalue weighted by atomic mass is 11.2. The average Bonchev–Trinajstić information content (AvgIpc) is 1.65. The molecule has 0 aromatic carbocycles. The Labute approximate surface area is 34.6 Å². The lowest BCUT2D eigenvalue weighted by molar-refractivity contribution is 0.180. The predicted molar refractivity (Wildman–Crippen MR) is 17.6 cm³/mol. The maximum Gasteiger partial charge on any atom is 0.451 e. The van der Waals surface area contributed by atoms with Crippen molar-refractivity contribution in [3.8, 4) is 0 Å². The number of hydrogen-bond donors (Lipinski definition) is 1. The molecule has 4 nitrogen and oxygen atoms in total. The highest BCUT2D eigenvalue weighted by atomic mass is 16.5. The zero-order valence-corrected chi connectivity index (χ0v) is 3.26. The number of amides is 1. The van der Waals surface area contributed by atoms with Crippen LogP contribution in [0.5, 0.6) is 0 Å². The quantitative estimate of drug-likeness (QED) is 0.445. The summed E-state index contributed by atoms with van der Waals surface area (Å²) >= 11 is 0. The molecule has 0 aliphatic rings. The second kappa shape index (κ2) is 2.32. The summed E-state index contributed by atoms with van der Waals surface area (Å²) in [6, 6.07) is 0. The van der Waals surface area contributed by atoms with Gasteiger partial charge in [0.25, 0.3) is 0 Å². The molecule has 0 saturated carbocycles. The first kappa shape index (κ1) is 5.07. The summed E-state index contributed by atoms with van der Waals surface area (Å²) in [7, 11) is 1.17. The van der Waals surface area contributed by atoms with Gasteiger partial charge in [-0.15, -0.1) is 0 Å². The average molecular weight is 88.1 g/mol. The highest BCUT2D eigenvalue weighted by Gasteiger charge is 1.86. The van der Waals surface area contributed by atoms with Crippen LogP contribution in [0.3, 0.4) is 0 Å². The van der Waals surface area contributed by atoms with E-state index in [-0.39, 0.29) is 0 Å². The van der Waals surface area contributed by atoms with E-state index in [1.165, 1.54) is 7.11 Å². The molecule has 0 aromatic heterocycles. The van der Waals surface area contributed by atoms with Crippen molar-refractivity contribution in [2.45, 2.75) is 0 Å². The van der Waals surface area contributed by atoms with Crippen LogP contribution in [0.4, 0.5) is 4.79 Å². The van der Waals surface area contributed by atoms with Crippen LogP contribution in [-0.4, -0.2) is 13.2 Å². The predicted octanol–water partition coefficient (Wildman–Crippen LogP) is 0.784. The van der Waals surface area contributed by atoms with Crippen molar-refractivity contribution < 1.29 is 9.53 Å². The molecule has 0 atom stereocenters. The summed E-state index contributed by atoms with van der Waals surface area (Å²) in [4.78, 5) is 9.60. The standard InChI is InChI=1S/C2H4N2O2/c1-6-2(5)4-3/h3H,1H3. The van der Waals surface area contributed by atoms with Gasteiger partial charge in [-0.05, 0) is 0 Å². The molecule has 0 fully saturated rings. The molecule has 0 heterocycles. The molecule has 1 N–H and O–H groups in total. The Morgan fingerprint density at radius 3 is 2.50 bits per heavy atom. The van der Waals surface area contributed by atoms with E-state index in [0.717, 1.165) is 0 Å². The molecule has 6 heavy (non-hydrogen) atoms. The van der Waals surface area contributed by atoms with E-state index >= 15 is 0 Å². The Kier molecular flexibility index (Phi) is 1.96. The van der Waals surface area contributed by atoms with Gasteiger partial charge in [0, 0.05) is 0 Å². The maximum absolute atomic E-state index is 9.60. The van der Waals surface area contributed by atoms with Gasteiger partial charge in [-0.1, -0.05) is 5.11 Å². The topological polar surface area (TPSA) is 62.5 Å².